The number of aryl methyl sites for hydroxylation is 1. The van der Waals surface area contributed by atoms with Crippen molar-refractivity contribution in [3.05, 3.63) is 45.2 Å². The molecule has 2 rings (SSSR count). The van der Waals surface area contributed by atoms with Crippen LogP contribution in [0.15, 0.2) is 33.5 Å². The fourth-order valence-corrected chi connectivity index (χ4v) is 1.98. The van der Waals surface area contributed by atoms with E-state index in [1.165, 1.54) is 12.3 Å². The topological polar surface area (TPSA) is 55.1 Å². The first kappa shape index (κ1) is 12.1. The van der Waals surface area contributed by atoms with Gasteiger partial charge in [0.15, 0.2) is 5.69 Å². The van der Waals surface area contributed by atoms with E-state index in [0.29, 0.717) is 10.7 Å². The van der Waals surface area contributed by atoms with Crippen molar-refractivity contribution in [2.75, 3.05) is 5.32 Å². The lowest BCUT2D eigenvalue weighted by Crippen LogP contribution is -2.12. The van der Waals surface area contributed by atoms with E-state index >= 15 is 0 Å². The number of nitrogens with zero attached hydrogens (tertiary/aromatic N) is 1. The van der Waals surface area contributed by atoms with Gasteiger partial charge in [0.05, 0.1) is 5.69 Å². The van der Waals surface area contributed by atoms with Crippen LogP contribution in [0.1, 0.15) is 16.1 Å². The van der Waals surface area contributed by atoms with Crippen molar-refractivity contribution in [1.82, 2.24) is 5.16 Å². The number of hydrogen-bond donors (Lipinski definition) is 1. The standard InChI is InChI=1S/C11H8BrClN2O2/c1-6-4-7(12)10(5-8(6)13)14-11(16)9-2-3-17-15-9/h2-5H,1H3,(H,14,16). The van der Waals surface area contributed by atoms with Gasteiger partial charge in [0.25, 0.3) is 5.91 Å². The van der Waals surface area contributed by atoms with Gasteiger partial charge < -0.3 is 9.84 Å². The van der Waals surface area contributed by atoms with Gasteiger partial charge in [-0.2, -0.15) is 0 Å². The Morgan fingerprint density at radius 1 is 1.53 bits per heavy atom. The molecule has 0 aliphatic rings. The molecule has 1 aromatic heterocycles. The van der Waals surface area contributed by atoms with Crippen LogP contribution in [-0.2, 0) is 0 Å². The molecule has 0 bridgehead atoms. The smallest absolute Gasteiger partial charge is 0.277 e. The number of rotatable bonds is 2. The van der Waals surface area contributed by atoms with Crippen LogP contribution in [0, 0.1) is 6.92 Å². The molecule has 0 aliphatic heterocycles. The SMILES string of the molecule is Cc1cc(Br)c(NC(=O)c2ccon2)cc1Cl. The van der Waals surface area contributed by atoms with Crippen LogP contribution in [0.4, 0.5) is 5.69 Å². The number of carbonyl (C=O) groups excluding carboxylic acids is 1. The fraction of sp³-hybridized carbons (Fsp3) is 0.0909. The van der Waals surface area contributed by atoms with Gasteiger partial charge in [-0.15, -0.1) is 0 Å². The summed E-state index contributed by atoms with van der Waals surface area (Å²) in [5.74, 6) is -0.348. The van der Waals surface area contributed by atoms with E-state index in [2.05, 4.69) is 30.9 Å². The minimum absolute atomic E-state index is 0.216. The van der Waals surface area contributed by atoms with Gasteiger partial charge in [0, 0.05) is 15.6 Å². The van der Waals surface area contributed by atoms with E-state index in [1.807, 2.05) is 13.0 Å². The summed E-state index contributed by atoms with van der Waals surface area (Å²) in [7, 11) is 0. The fourth-order valence-electron chi connectivity index (χ4n) is 1.26. The van der Waals surface area contributed by atoms with E-state index < -0.39 is 0 Å². The molecule has 0 saturated heterocycles. The Bertz CT molecular complexity index is 555. The molecule has 1 amide bonds. The second-order valence-electron chi connectivity index (χ2n) is 3.42. The second-order valence-corrected chi connectivity index (χ2v) is 4.68. The Morgan fingerprint density at radius 3 is 2.94 bits per heavy atom. The maximum absolute atomic E-state index is 11.7. The predicted molar refractivity (Wildman–Crippen MR) is 68.3 cm³/mol. The molecule has 0 aliphatic carbocycles. The Hall–Kier alpha value is -1.33. The van der Waals surface area contributed by atoms with Crippen LogP contribution >= 0.6 is 27.5 Å². The largest absolute Gasteiger partial charge is 0.364 e. The van der Waals surface area contributed by atoms with Crippen LogP contribution in [0.3, 0.4) is 0 Å². The third-order valence-electron chi connectivity index (χ3n) is 2.17. The lowest BCUT2D eigenvalue weighted by Gasteiger charge is -2.08. The molecule has 1 aromatic carbocycles. The highest BCUT2D eigenvalue weighted by molar-refractivity contribution is 9.10. The molecule has 6 heteroatoms. The molecule has 4 nitrogen and oxygen atoms in total. The maximum Gasteiger partial charge on any atom is 0.277 e. The molecule has 0 radical (unpaired) electrons. The van der Waals surface area contributed by atoms with E-state index in [9.17, 15) is 4.79 Å². The van der Waals surface area contributed by atoms with Crippen LogP contribution in [0.25, 0.3) is 0 Å². The van der Waals surface area contributed by atoms with Crippen molar-refractivity contribution >= 4 is 39.1 Å². The van der Waals surface area contributed by atoms with Crippen LogP contribution in [0.2, 0.25) is 5.02 Å². The molecule has 0 fully saturated rings. The maximum atomic E-state index is 11.7. The Balaban J connectivity index is 2.25. The third kappa shape index (κ3) is 2.68. The van der Waals surface area contributed by atoms with Crippen molar-refractivity contribution in [3.8, 4) is 0 Å². The number of aromatic nitrogens is 1. The first-order valence-electron chi connectivity index (χ1n) is 4.75. The second kappa shape index (κ2) is 4.89. The first-order valence-corrected chi connectivity index (χ1v) is 5.92. The molecule has 88 valence electrons. The Morgan fingerprint density at radius 2 is 2.29 bits per heavy atom. The van der Waals surface area contributed by atoms with Gasteiger partial charge in [-0.1, -0.05) is 16.8 Å². The summed E-state index contributed by atoms with van der Waals surface area (Å²) in [6.07, 6.45) is 1.34. The van der Waals surface area contributed by atoms with Gasteiger partial charge in [-0.05, 0) is 40.5 Å². The third-order valence-corrected chi connectivity index (χ3v) is 3.23. The predicted octanol–water partition coefficient (Wildman–Crippen LogP) is 3.65. The minimum atomic E-state index is -0.348. The van der Waals surface area contributed by atoms with Gasteiger partial charge in [-0.25, -0.2) is 0 Å². The number of benzene rings is 1. The molecular weight excluding hydrogens is 307 g/mol. The van der Waals surface area contributed by atoms with Gasteiger partial charge in [0.2, 0.25) is 0 Å². The normalized spacial score (nSPS) is 10.3. The molecule has 1 N–H and O–H groups in total. The number of hydrogen-bond acceptors (Lipinski definition) is 3. The summed E-state index contributed by atoms with van der Waals surface area (Å²) in [4.78, 5) is 11.7. The monoisotopic (exact) mass is 314 g/mol. The molecule has 0 spiro atoms. The zero-order valence-electron chi connectivity index (χ0n) is 8.83. The lowest BCUT2D eigenvalue weighted by atomic mass is 10.2. The number of amides is 1. The zero-order valence-corrected chi connectivity index (χ0v) is 11.2. The van der Waals surface area contributed by atoms with Crippen molar-refractivity contribution in [2.24, 2.45) is 0 Å². The van der Waals surface area contributed by atoms with Crippen LogP contribution < -0.4 is 5.32 Å². The quantitative estimate of drug-likeness (QED) is 0.920. The average Bonchev–Trinajstić information content (AvgIpc) is 2.79. The van der Waals surface area contributed by atoms with E-state index in [4.69, 9.17) is 11.6 Å². The summed E-state index contributed by atoms with van der Waals surface area (Å²) in [5.41, 5.74) is 1.74. The Labute approximate surface area is 111 Å². The van der Waals surface area contributed by atoms with E-state index in [1.54, 1.807) is 6.07 Å². The molecular formula is C11H8BrClN2O2. The highest BCUT2D eigenvalue weighted by Gasteiger charge is 2.12. The molecule has 0 saturated carbocycles. The summed E-state index contributed by atoms with van der Waals surface area (Å²) < 4.78 is 5.36. The molecule has 0 atom stereocenters. The molecule has 1 heterocycles. The van der Waals surface area contributed by atoms with E-state index in [0.717, 1.165) is 10.0 Å². The van der Waals surface area contributed by atoms with Crippen LogP contribution in [-0.4, -0.2) is 11.1 Å². The van der Waals surface area contributed by atoms with E-state index in [-0.39, 0.29) is 11.6 Å². The van der Waals surface area contributed by atoms with Crippen LogP contribution in [0.5, 0.6) is 0 Å². The van der Waals surface area contributed by atoms with Crippen molar-refractivity contribution in [2.45, 2.75) is 6.92 Å². The van der Waals surface area contributed by atoms with Crippen molar-refractivity contribution < 1.29 is 9.32 Å². The molecule has 0 unspecified atom stereocenters. The summed E-state index contributed by atoms with van der Waals surface area (Å²) >= 11 is 9.34. The number of nitrogens with one attached hydrogen (secondary N) is 1. The van der Waals surface area contributed by atoms with Gasteiger partial charge in [-0.3, -0.25) is 4.79 Å². The Kier molecular flexibility index (Phi) is 3.49. The lowest BCUT2D eigenvalue weighted by molar-refractivity contribution is 0.101. The summed E-state index contributed by atoms with van der Waals surface area (Å²) in [6, 6.07) is 5.00. The van der Waals surface area contributed by atoms with Gasteiger partial charge in [0.1, 0.15) is 6.26 Å². The summed E-state index contributed by atoms with van der Waals surface area (Å²) in [5, 5.41) is 6.82. The number of carbonyl (C=O) groups is 1. The molecule has 17 heavy (non-hydrogen) atoms. The minimum Gasteiger partial charge on any atom is -0.364 e. The number of halogens is 2. The van der Waals surface area contributed by atoms with Crippen molar-refractivity contribution in [1.29, 1.82) is 0 Å². The molecule has 2 aromatic rings. The van der Waals surface area contributed by atoms with Crippen molar-refractivity contribution in [3.63, 3.8) is 0 Å². The number of anilines is 1. The zero-order chi connectivity index (χ0) is 12.4. The van der Waals surface area contributed by atoms with Gasteiger partial charge >= 0.3 is 0 Å². The highest BCUT2D eigenvalue weighted by atomic mass is 79.9. The highest BCUT2D eigenvalue weighted by Crippen LogP contribution is 2.29. The first-order chi connectivity index (χ1) is 8.08. The average molecular weight is 316 g/mol. The summed E-state index contributed by atoms with van der Waals surface area (Å²) in [6.45, 7) is 1.89.